The van der Waals surface area contributed by atoms with Gasteiger partial charge in [-0.05, 0) is 39.3 Å². The molecule has 3 aliphatic rings. The van der Waals surface area contributed by atoms with Gasteiger partial charge in [0.2, 0.25) is 17.7 Å². The first-order valence-corrected chi connectivity index (χ1v) is 13.6. The summed E-state index contributed by atoms with van der Waals surface area (Å²) in [4.78, 5) is 46.8. The van der Waals surface area contributed by atoms with Crippen LogP contribution in [0.15, 0.2) is 55.6 Å². The quantitative estimate of drug-likeness (QED) is 0.362. The molecule has 3 heterocycles. The highest BCUT2D eigenvalue weighted by atomic mass is 79.9. The van der Waals surface area contributed by atoms with Gasteiger partial charge in [-0.3, -0.25) is 14.4 Å². The number of β-amino-alcohol motifs (C(OH)–C–C–N with tert-alkyl or cyclic N) is 1. The first kappa shape index (κ1) is 27.5. The van der Waals surface area contributed by atoms with Gasteiger partial charge in [0.1, 0.15) is 11.6 Å². The molecule has 9 heteroatoms. The van der Waals surface area contributed by atoms with E-state index in [1.807, 2.05) is 51.1 Å². The van der Waals surface area contributed by atoms with Crippen molar-refractivity contribution in [2.24, 2.45) is 11.8 Å². The second-order valence-electron chi connectivity index (χ2n) is 10.9. The van der Waals surface area contributed by atoms with E-state index in [0.29, 0.717) is 18.7 Å². The molecule has 4 rings (SSSR count). The van der Waals surface area contributed by atoms with Gasteiger partial charge in [0.15, 0.2) is 0 Å². The molecule has 8 nitrogen and oxygen atoms in total. The molecule has 3 saturated heterocycles. The van der Waals surface area contributed by atoms with Crippen molar-refractivity contribution in [3.63, 3.8) is 0 Å². The molecule has 37 heavy (non-hydrogen) atoms. The fourth-order valence-corrected chi connectivity index (χ4v) is 7.19. The number of para-hydroxylation sites is 1. The summed E-state index contributed by atoms with van der Waals surface area (Å²) >= 11 is 3.71. The normalized spacial score (nSPS) is 30.2. The third-order valence-electron chi connectivity index (χ3n) is 7.68. The first-order valence-electron chi connectivity index (χ1n) is 12.7. The lowest BCUT2D eigenvalue weighted by Gasteiger charge is -2.42. The van der Waals surface area contributed by atoms with E-state index < -0.39 is 35.1 Å². The Morgan fingerprint density at radius 3 is 2.41 bits per heavy atom. The van der Waals surface area contributed by atoms with E-state index in [-0.39, 0.29) is 42.2 Å². The summed E-state index contributed by atoms with van der Waals surface area (Å²) in [5.74, 6) is -2.45. The zero-order chi connectivity index (χ0) is 27.1. The maximum absolute atomic E-state index is 14.2. The average Bonchev–Trinajstić information content (AvgIpc) is 3.44. The summed E-state index contributed by atoms with van der Waals surface area (Å²) in [6.45, 7) is 13.6. The molecular weight excluding hydrogens is 538 g/mol. The SMILES string of the molecule is C=CCN(C(=O)[C@H]1[C@@H]2OC3(CC2Br)C(C(=O)N(CC=C)C(C)(C)C)N(CCO)C(=O)[C@H]13)c1ccccc1. The minimum absolute atomic E-state index is 0.0174. The lowest BCUT2D eigenvalue weighted by molar-refractivity contribution is -0.151. The van der Waals surface area contributed by atoms with Crippen LogP contribution >= 0.6 is 15.9 Å². The molecule has 1 aromatic rings. The van der Waals surface area contributed by atoms with Crippen molar-refractivity contribution in [2.75, 3.05) is 31.1 Å². The van der Waals surface area contributed by atoms with Crippen LogP contribution in [0, 0.1) is 11.8 Å². The third-order valence-corrected chi connectivity index (χ3v) is 8.53. The first-order chi connectivity index (χ1) is 17.5. The van der Waals surface area contributed by atoms with Crippen LogP contribution in [-0.4, -0.2) is 87.0 Å². The van der Waals surface area contributed by atoms with Crippen molar-refractivity contribution < 1.29 is 24.2 Å². The lowest BCUT2D eigenvalue weighted by Crippen LogP contribution is -2.60. The fraction of sp³-hybridized carbons (Fsp3) is 0.536. The number of ether oxygens (including phenoxy) is 1. The van der Waals surface area contributed by atoms with Crippen molar-refractivity contribution in [1.29, 1.82) is 0 Å². The van der Waals surface area contributed by atoms with Crippen molar-refractivity contribution >= 4 is 39.3 Å². The second kappa shape index (κ2) is 10.3. The van der Waals surface area contributed by atoms with Crippen LogP contribution < -0.4 is 4.90 Å². The van der Waals surface area contributed by atoms with Crippen molar-refractivity contribution in [2.45, 2.75) is 55.3 Å². The number of anilines is 1. The van der Waals surface area contributed by atoms with Crippen LogP contribution in [0.4, 0.5) is 5.69 Å². The van der Waals surface area contributed by atoms with Crippen LogP contribution in [0.25, 0.3) is 0 Å². The van der Waals surface area contributed by atoms with E-state index in [1.54, 1.807) is 22.0 Å². The molecule has 1 N–H and O–H groups in total. The molecule has 200 valence electrons. The topological polar surface area (TPSA) is 90.4 Å². The molecule has 3 fully saturated rings. The summed E-state index contributed by atoms with van der Waals surface area (Å²) in [5, 5.41) is 9.84. The predicted molar refractivity (Wildman–Crippen MR) is 145 cm³/mol. The summed E-state index contributed by atoms with van der Waals surface area (Å²) in [6.07, 6.45) is 3.16. The number of amides is 3. The highest BCUT2D eigenvalue weighted by Gasteiger charge is 2.77. The van der Waals surface area contributed by atoms with E-state index in [9.17, 15) is 19.5 Å². The minimum Gasteiger partial charge on any atom is -0.395 e. The largest absolute Gasteiger partial charge is 0.395 e. The number of nitrogens with zero attached hydrogens (tertiary/aromatic N) is 3. The van der Waals surface area contributed by atoms with Gasteiger partial charge in [0, 0.05) is 35.7 Å². The minimum atomic E-state index is -1.18. The predicted octanol–water partition coefficient (Wildman–Crippen LogP) is 2.76. The average molecular weight is 575 g/mol. The molecule has 3 unspecified atom stereocenters. The number of aliphatic hydroxyl groups is 1. The smallest absolute Gasteiger partial charge is 0.249 e. The molecule has 0 aromatic heterocycles. The molecule has 2 bridgehead atoms. The van der Waals surface area contributed by atoms with Crippen LogP contribution in [0.5, 0.6) is 0 Å². The van der Waals surface area contributed by atoms with Crippen molar-refractivity contribution in [3.05, 3.63) is 55.6 Å². The van der Waals surface area contributed by atoms with E-state index in [1.165, 1.54) is 4.90 Å². The molecule has 1 spiro atoms. The zero-order valence-electron chi connectivity index (χ0n) is 21.7. The third kappa shape index (κ3) is 4.45. The van der Waals surface area contributed by atoms with E-state index in [0.717, 1.165) is 0 Å². The van der Waals surface area contributed by atoms with Gasteiger partial charge < -0.3 is 24.5 Å². The summed E-state index contributed by atoms with van der Waals surface area (Å²) in [5.41, 5.74) is -1.02. The number of halogens is 1. The van der Waals surface area contributed by atoms with Gasteiger partial charge >= 0.3 is 0 Å². The maximum atomic E-state index is 14.2. The Labute approximate surface area is 227 Å². The Morgan fingerprint density at radius 1 is 1.19 bits per heavy atom. The number of carbonyl (C=O) groups is 3. The van der Waals surface area contributed by atoms with E-state index in [4.69, 9.17) is 4.74 Å². The summed E-state index contributed by atoms with van der Waals surface area (Å²) < 4.78 is 6.58. The summed E-state index contributed by atoms with van der Waals surface area (Å²) in [6, 6.07) is 8.30. The van der Waals surface area contributed by atoms with E-state index in [2.05, 4.69) is 29.1 Å². The van der Waals surface area contributed by atoms with Gasteiger partial charge in [0.05, 0.1) is 24.5 Å². The van der Waals surface area contributed by atoms with Gasteiger partial charge in [-0.25, -0.2) is 0 Å². The fourth-order valence-electron chi connectivity index (χ4n) is 6.25. The Hall–Kier alpha value is -2.49. The van der Waals surface area contributed by atoms with Crippen molar-refractivity contribution in [3.8, 4) is 0 Å². The molecule has 0 aliphatic carbocycles. The van der Waals surface area contributed by atoms with Crippen LogP contribution in [0.3, 0.4) is 0 Å². The molecular formula is C28H36BrN3O5. The maximum Gasteiger partial charge on any atom is 0.249 e. The lowest BCUT2D eigenvalue weighted by atomic mass is 9.70. The number of aliphatic hydroxyl groups excluding tert-OH is 1. The number of hydrogen-bond acceptors (Lipinski definition) is 5. The van der Waals surface area contributed by atoms with Gasteiger partial charge in [-0.2, -0.15) is 0 Å². The summed E-state index contributed by atoms with van der Waals surface area (Å²) in [7, 11) is 0. The van der Waals surface area contributed by atoms with Crippen LogP contribution in [0.2, 0.25) is 0 Å². The van der Waals surface area contributed by atoms with Crippen LogP contribution in [0.1, 0.15) is 27.2 Å². The van der Waals surface area contributed by atoms with Gasteiger partial charge in [0.25, 0.3) is 0 Å². The number of hydrogen-bond donors (Lipinski definition) is 1. The standard InChI is InChI=1S/C28H36BrN3O5/c1-6-13-30(18-11-9-8-10-12-18)24(34)20-21-25(35)31(15-16-33)23(28(21)17-19(29)22(20)37-28)26(36)32(14-7-2)27(3,4)5/h6-12,19-23,33H,1-2,13-17H2,3-5H3/t19?,20-,21+,22-,23?,28?/m1/s1. The zero-order valence-corrected chi connectivity index (χ0v) is 23.3. The molecule has 3 aliphatic heterocycles. The number of carbonyl (C=O) groups excluding carboxylic acids is 3. The highest BCUT2D eigenvalue weighted by Crippen LogP contribution is 2.60. The van der Waals surface area contributed by atoms with E-state index >= 15 is 0 Å². The van der Waals surface area contributed by atoms with Crippen molar-refractivity contribution in [1.82, 2.24) is 9.80 Å². The molecule has 0 radical (unpaired) electrons. The number of alkyl halides is 1. The number of likely N-dealkylation sites (tertiary alicyclic amines) is 1. The molecule has 6 atom stereocenters. The monoisotopic (exact) mass is 573 g/mol. The van der Waals surface area contributed by atoms with Gasteiger partial charge in [-0.1, -0.05) is 46.3 Å². The Kier molecular flexibility index (Phi) is 7.70. The molecule has 1 aromatic carbocycles. The Balaban J connectivity index is 1.79. The second-order valence-corrected chi connectivity index (χ2v) is 12.1. The van der Waals surface area contributed by atoms with Gasteiger partial charge in [-0.15, -0.1) is 13.2 Å². The molecule has 3 amide bonds. The number of rotatable bonds is 9. The highest BCUT2D eigenvalue weighted by molar-refractivity contribution is 9.09. The number of fused-ring (bicyclic) bond motifs is 1. The Morgan fingerprint density at radius 2 is 1.84 bits per heavy atom. The van der Waals surface area contributed by atoms with Crippen LogP contribution in [-0.2, 0) is 19.1 Å². The molecule has 0 saturated carbocycles. The number of benzene rings is 1. The Bertz CT molecular complexity index is 1070.